The van der Waals surface area contributed by atoms with Crippen LogP contribution < -0.4 is 5.32 Å². The Kier molecular flexibility index (Phi) is 6.12. The molecule has 1 fully saturated rings. The van der Waals surface area contributed by atoms with Crippen LogP contribution in [0.2, 0.25) is 0 Å². The number of ether oxygens (including phenoxy) is 1. The predicted octanol–water partition coefficient (Wildman–Crippen LogP) is 2.46. The minimum absolute atomic E-state index is 0.0153. The van der Waals surface area contributed by atoms with Crippen molar-refractivity contribution in [3.05, 3.63) is 35.4 Å². The molecule has 134 valence electrons. The van der Waals surface area contributed by atoms with Crippen molar-refractivity contribution >= 4 is 6.03 Å². The number of carbonyl (C=O) groups excluding carboxylic acids is 1. The van der Waals surface area contributed by atoms with Crippen LogP contribution in [0.15, 0.2) is 18.2 Å². The molecule has 0 saturated carbocycles. The van der Waals surface area contributed by atoms with Crippen LogP contribution in [0, 0.1) is 17.0 Å². The van der Waals surface area contributed by atoms with E-state index in [4.69, 9.17) is 4.74 Å². The highest BCUT2D eigenvalue weighted by molar-refractivity contribution is 5.75. The zero-order valence-corrected chi connectivity index (χ0v) is 14.0. The highest BCUT2D eigenvalue weighted by Gasteiger charge is 2.33. The average Bonchev–Trinajstić information content (AvgIpc) is 2.57. The molecule has 1 saturated heterocycles. The smallest absolute Gasteiger partial charge is 0.317 e. The van der Waals surface area contributed by atoms with Gasteiger partial charge in [-0.25, -0.2) is 13.6 Å². The maximum absolute atomic E-state index is 13.5. The zero-order chi connectivity index (χ0) is 17.7. The summed E-state index contributed by atoms with van der Waals surface area (Å²) in [6.45, 7) is 3.14. The molecular weight excluding hydrogens is 318 g/mol. The van der Waals surface area contributed by atoms with E-state index in [1.165, 1.54) is 13.2 Å². The van der Waals surface area contributed by atoms with Crippen molar-refractivity contribution in [2.45, 2.75) is 25.8 Å². The Hall–Kier alpha value is -1.73. The summed E-state index contributed by atoms with van der Waals surface area (Å²) < 4.78 is 31.6. The van der Waals surface area contributed by atoms with E-state index >= 15 is 0 Å². The Morgan fingerprint density at radius 3 is 2.83 bits per heavy atom. The molecule has 2 N–H and O–H groups in total. The number of urea groups is 1. The van der Waals surface area contributed by atoms with Crippen LogP contribution in [0.3, 0.4) is 0 Å². The number of nitrogens with one attached hydrogen (secondary N) is 1. The minimum Gasteiger partial charge on any atom is -0.396 e. The summed E-state index contributed by atoms with van der Waals surface area (Å²) in [5.74, 6) is -1.90. The van der Waals surface area contributed by atoms with Crippen LogP contribution in [0.1, 0.15) is 31.4 Å². The Bertz CT molecular complexity index is 585. The fraction of sp³-hybridized carbons (Fsp3) is 0.588. The van der Waals surface area contributed by atoms with Crippen molar-refractivity contribution in [3.63, 3.8) is 0 Å². The molecule has 2 unspecified atom stereocenters. The number of amides is 2. The van der Waals surface area contributed by atoms with E-state index in [0.29, 0.717) is 18.7 Å². The molecule has 0 bridgehead atoms. The topological polar surface area (TPSA) is 61.8 Å². The van der Waals surface area contributed by atoms with E-state index in [0.717, 1.165) is 25.0 Å². The lowest BCUT2D eigenvalue weighted by Crippen LogP contribution is -2.51. The molecule has 1 aliphatic rings. The molecular formula is C17H24F2N2O3. The number of carbonyl (C=O) groups is 1. The van der Waals surface area contributed by atoms with Gasteiger partial charge in [-0.1, -0.05) is 13.0 Å². The number of methoxy groups -OCH3 is 1. The van der Waals surface area contributed by atoms with Crippen LogP contribution >= 0.6 is 0 Å². The van der Waals surface area contributed by atoms with Crippen LogP contribution in [-0.4, -0.2) is 49.5 Å². The number of rotatable bonds is 5. The van der Waals surface area contributed by atoms with E-state index in [2.05, 4.69) is 5.32 Å². The van der Waals surface area contributed by atoms with Gasteiger partial charge in [0.1, 0.15) is 0 Å². The SMILES string of the molecule is COCC(NC(=O)N1CCCC(C)(CO)C1)c1ccc(F)c(F)c1. The van der Waals surface area contributed by atoms with E-state index in [1.54, 1.807) is 4.90 Å². The van der Waals surface area contributed by atoms with Crippen molar-refractivity contribution in [2.24, 2.45) is 5.41 Å². The fourth-order valence-electron chi connectivity index (χ4n) is 2.98. The van der Waals surface area contributed by atoms with E-state index in [-0.39, 0.29) is 24.7 Å². The molecule has 0 radical (unpaired) electrons. The molecule has 0 spiro atoms. The summed E-state index contributed by atoms with van der Waals surface area (Å²) >= 11 is 0. The first kappa shape index (κ1) is 18.6. The van der Waals surface area contributed by atoms with Gasteiger partial charge in [-0.2, -0.15) is 0 Å². The normalized spacial score (nSPS) is 22.3. The summed E-state index contributed by atoms with van der Waals surface area (Å²) in [4.78, 5) is 14.2. The molecule has 1 heterocycles. The summed E-state index contributed by atoms with van der Waals surface area (Å²) in [7, 11) is 1.47. The number of hydrogen-bond acceptors (Lipinski definition) is 3. The zero-order valence-electron chi connectivity index (χ0n) is 14.0. The van der Waals surface area contributed by atoms with E-state index in [9.17, 15) is 18.7 Å². The molecule has 24 heavy (non-hydrogen) atoms. The fourth-order valence-corrected chi connectivity index (χ4v) is 2.98. The van der Waals surface area contributed by atoms with Gasteiger partial charge in [-0.05, 0) is 30.5 Å². The Labute approximate surface area is 140 Å². The standard InChI is InChI=1S/C17H24F2N2O3/c1-17(11-22)6-3-7-21(10-17)16(23)20-15(9-24-2)12-4-5-13(18)14(19)8-12/h4-5,8,15,22H,3,6-7,9-11H2,1-2H3,(H,20,23). The maximum atomic E-state index is 13.5. The van der Waals surface area contributed by atoms with Crippen LogP contribution in [0.4, 0.5) is 13.6 Å². The molecule has 1 aromatic rings. The molecule has 2 amide bonds. The van der Waals surface area contributed by atoms with Crippen molar-refractivity contribution in [1.82, 2.24) is 10.2 Å². The number of aliphatic hydroxyl groups is 1. The minimum atomic E-state index is -0.964. The second kappa shape index (κ2) is 7.90. The molecule has 7 heteroatoms. The number of halogens is 2. The molecule has 2 atom stereocenters. The number of aliphatic hydroxyl groups excluding tert-OH is 1. The largest absolute Gasteiger partial charge is 0.396 e. The van der Waals surface area contributed by atoms with Gasteiger partial charge in [0, 0.05) is 25.6 Å². The van der Waals surface area contributed by atoms with Crippen molar-refractivity contribution in [1.29, 1.82) is 0 Å². The van der Waals surface area contributed by atoms with Gasteiger partial charge in [0.25, 0.3) is 0 Å². The van der Waals surface area contributed by atoms with Crippen LogP contribution in [-0.2, 0) is 4.74 Å². The third kappa shape index (κ3) is 4.42. The maximum Gasteiger partial charge on any atom is 0.317 e. The lowest BCUT2D eigenvalue weighted by molar-refractivity contribution is 0.0594. The summed E-state index contributed by atoms with van der Waals surface area (Å²) in [5.41, 5.74) is 0.125. The highest BCUT2D eigenvalue weighted by Crippen LogP contribution is 2.29. The monoisotopic (exact) mass is 342 g/mol. The quantitative estimate of drug-likeness (QED) is 0.864. The molecule has 1 aliphatic heterocycles. The lowest BCUT2D eigenvalue weighted by atomic mass is 9.83. The second-order valence-electron chi connectivity index (χ2n) is 6.62. The lowest BCUT2D eigenvalue weighted by Gasteiger charge is -2.39. The van der Waals surface area contributed by atoms with Gasteiger partial charge in [0.15, 0.2) is 11.6 Å². The molecule has 0 aliphatic carbocycles. The number of nitrogens with zero attached hydrogens (tertiary/aromatic N) is 1. The van der Waals surface area contributed by atoms with Gasteiger partial charge >= 0.3 is 6.03 Å². The van der Waals surface area contributed by atoms with Gasteiger partial charge in [-0.3, -0.25) is 0 Å². The molecule has 1 aromatic carbocycles. The van der Waals surface area contributed by atoms with Crippen LogP contribution in [0.5, 0.6) is 0 Å². The highest BCUT2D eigenvalue weighted by atomic mass is 19.2. The second-order valence-corrected chi connectivity index (χ2v) is 6.62. The van der Waals surface area contributed by atoms with Crippen molar-refractivity contribution in [3.8, 4) is 0 Å². The molecule has 0 aromatic heterocycles. The number of piperidine rings is 1. The summed E-state index contributed by atoms with van der Waals surface area (Å²) in [6, 6.07) is 2.63. The predicted molar refractivity (Wildman–Crippen MR) is 85.5 cm³/mol. The van der Waals surface area contributed by atoms with Gasteiger partial charge in [0.2, 0.25) is 0 Å². The number of benzene rings is 1. The first-order valence-corrected chi connectivity index (χ1v) is 7.99. The van der Waals surface area contributed by atoms with Crippen molar-refractivity contribution in [2.75, 3.05) is 33.4 Å². The van der Waals surface area contributed by atoms with E-state index in [1.807, 2.05) is 6.92 Å². The number of likely N-dealkylation sites (tertiary alicyclic amines) is 1. The Morgan fingerprint density at radius 2 is 2.21 bits per heavy atom. The first-order chi connectivity index (χ1) is 11.4. The van der Waals surface area contributed by atoms with Gasteiger partial charge in [-0.15, -0.1) is 0 Å². The third-order valence-corrected chi connectivity index (χ3v) is 4.43. The van der Waals surface area contributed by atoms with Gasteiger partial charge in [0.05, 0.1) is 19.3 Å². The van der Waals surface area contributed by atoms with Crippen molar-refractivity contribution < 1.29 is 23.4 Å². The third-order valence-electron chi connectivity index (χ3n) is 4.43. The van der Waals surface area contributed by atoms with Gasteiger partial charge < -0.3 is 20.1 Å². The van der Waals surface area contributed by atoms with Crippen LogP contribution in [0.25, 0.3) is 0 Å². The molecule has 5 nitrogen and oxygen atoms in total. The average molecular weight is 342 g/mol. The summed E-state index contributed by atoms with van der Waals surface area (Å²) in [5, 5.41) is 12.3. The Balaban J connectivity index is 2.09. The summed E-state index contributed by atoms with van der Waals surface area (Å²) in [6.07, 6.45) is 1.67. The first-order valence-electron chi connectivity index (χ1n) is 7.99. The molecule has 2 rings (SSSR count). The van der Waals surface area contributed by atoms with E-state index < -0.39 is 17.7 Å². The Morgan fingerprint density at radius 1 is 1.46 bits per heavy atom. The number of hydrogen-bond donors (Lipinski definition) is 2.